The van der Waals surface area contributed by atoms with Gasteiger partial charge >= 0.3 is 0 Å². The van der Waals surface area contributed by atoms with E-state index in [0.29, 0.717) is 6.54 Å². The maximum atomic E-state index is 12.2. The first-order valence-electron chi connectivity index (χ1n) is 6.86. The van der Waals surface area contributed by atoms with Crippen molar-refractivity contribution in [3.63, 3.8) is 0 Å². The summed E-state index contributed by atoms with van der Waals surface area (Å²) >= 11 is 0. The van der Waals surface area contributed by atoms with Gasteiger partial charge in [0, 0.05) is 25.1 Å². The number of terminal acetylenes is 1. The normalized spacial score (nSPS) is 13.4. The highest BCUT2D eigenvalue weighted by Gasteiger charge is 2.16. The van der Waals surface area contributed by atoms with Crippen LogP contribution in [0.25, 0.3) is 0 Å². The van der Waals surface area contributed by atoms with E-state index in [2.05, 4.69) is 22.6 Å². The molecule has 0 bridgehead atoms. The molecule has 0 saturated carbocycles. The largest absolute Gasteiger partial charge is 0.352 e. The van der Waals surface area contributed by atoms with Crippen LogP contribution in [0.4, 0.5) is 0 Å². The van der Waals surface area contributed by atoms with E-state index >= 15 is 0 Å². The van der Waals surface area contributed by atoms with Crippen LogP contribution in [-0.2, 0) is 13.0 Å². The molecule has 2 N–H and O–H groups in total. The standard InChI is InChI=1S/C16H20N2O/c1-2-3-4-5-10-18-16(19)15-8-6-7-13-12-17-11-9-14(13)15/h1,6-8,17H,3-5,9-12H2,(H,18,19). The number of hydrogen-bond donors (Lipinski definition) is 2. The topological polar surface area (TPSA) is 41.1 Å². The van der Waals surface area contributed by atoms with Gasteiger partial charge in [-0.25, -0.2) is 0 Å². The second kappa shape index (κ2) is 6.96. The predicted octanol–water partition coefficient (Wildman–Crippen LogP) is 1.87. The molecule has 0 fully saturated rings. The van der Waals surface area contributed by atoms with E-state index in [4.69, 9.17) is 6.42 Å². The number of unbranched alkanes of at least 4 members (excludes halogenated alkanes) is 2. The highest BCUT2D eigenvalue weighted by atomic mass is 16.1. The Labute approximate surface area is 114 Å². The summed E-state index contributed by atoms with van der Waals surface area (Å²) in [7, 11) is 0. The number of rotatable bonds is 5. The first-order chi connectivity index (χ1) is 9.33. The van der Waals surface area contributed by atoms with E-state index in [9.17, 15) is 4.79 Å². The Morgan fingerprint density at radius 3 is 3.16 bits per heavy atom. The van der Waals surface area contributed by atoms with Crippen molar-refractivity contribution in [2.45, 2.75) is 32.2 Å². The molecule has 0 aromatic heterocycles. The molecule has 1 heterocycles. The minimum atomic E-state index is 0.0412. The number of benzene rings is 1. The summed E-state index contributed by atoms with van der Waals surface area (Å²) in [4.78, 5) is 12.2. The third-order valence-electron chi connectivity index (χ3n) is 3.42. The number of nitrogens with one attached hydrogen (secondary N) is 2. The summed E-state index contributed by atoms with van der Waals surface area (Å²) in [5, 5.41) is 6.30. The molecule has 1 aliphatic heterocycles. The van der Waals surface area contributed by atoms with Gasteiger partial charge in [-0.3, -0.25) is 4.79 Å². The van der Waals surface area contributed by atoms with Gasteiger partial charge in [-0.05, 0) is 43.0 Å². The van der Waals surface area contributed by atoms with Gasteiger partial charge in [-0.2, -0.15) is 0 Å². The Balaban J connectivity index is 1.94. The summed E-state index contributed by atoms with van der Waals surface area (Å²) in [6.07, 6.45) is 8.80. The third-order valence-corrected chi connectivity index (χ3v) is 3.42. The summed E-state index contributed by atoms with van der Waals surface area (Å²) in [6, 6.07) is 5.96. The minimum absolute atomic E-state index is 0.0412. The number of fused-ring (bicyclic) bond motifs is 1. The van der Waals surface area contributed by atoms with E-state index < -0.39 is 0 Å². The lowest BCUT2D eigenvalue weighted by Gasteiger charge is -2.19. The monoisotopic (exact) mass is 256 g/mol. The van der Waals surface area contributed by atoms with E-state index in [-0.39, 0.29) is 5.91 Å². The minimum Gasteiger partial charge on any atom is -0.352 e. The molecule has 0 aliphatic carbocycles. The third kappa shape index (κ3) is 3.59. The highest BCUT2D eigenvalue weighted by molar-refractivity contribution is 5.96. The molecule has 0 radical (unpaired) electrons. The Morgan fingerprint density at radius 1 is 1.42 bits per heavy atom. The lowest BCUT2D eigenvalue weighted by atomic mass is 9.95. The van der Waals surface area contributed by atoms with Gasteiger partial charge < -0.3 is 10.6 Å². The Hall–Kier alpha value is -1.79. The molecule has 1 aliphatic rings. The van der Waals surface area contributed by atoms with E-state index in [0.717, 1.165) is 44.3 Å². The fourth-order valence-corrected chi connectivity index (χ4v) is 2.39. The summed E-state index contributed by atoms with van der Waals surface area (Å²) in [5.74, 6) is 2.65. The van der Waals surface area contributed by atoms with Gasteiger partial charge in [0.25, 0.3) is 5.91 Å². The second-order valence-corrected chi connectivity index (χ2v) is 4.79. The first-order valence-corrected chi connectivity index (χ1v) is 6.86. The number of carbonyl (C=O) groups is 1. The van der Waals surface area contributed by atoms with Crippen molar-refractivity contribution in [1.82, 2.24) is 10.6 Å². The van der Waals surface area contributed by atoms with Gasteiger partial charge in [0.05, 0.1) is 0 Å². The van der Waals surface area contributed by atoms with Crippen LogP contribution in [0.2, 0.25) is 0 Å². The molecule has 0 atom stereocenters. The van der Waals surface area contributed by atoms with E-state index in [1.54, 1.807) is 0 Å². The van der Waals surface area contributed by atoms with Crippen molar-refractivity contribution in [3.05, 3.63) is 34.9 Å². The molecule has 1 aromatic rings. The maximum Gasteiger partial charge on any atom is 0.251 e. The van der Waals surface area contributed by atoms with Crippen LogP contribution in [0.1, 0.15) is 40.7 Å². The smallest absolute Gasteiger partial charge is 0.251 e. The second-order valence-electron chi connectivity index (χ2n) is 4.79. The fraction of sp³-hybridized carbons (Fsp3) is 0.438. The Morgan fingerprint density at radius 2 is 2.32 bits per heavy atom. The van der Waals surface area contributed by atoms with E-state index in [1.807, 2.05) is 12.1 Å². The molecule has 3 nitrogen and oxygen atoms in total. The van der Waals surface area contributed by atoms with Gasteiger partial charge in [-0.15, -0.1) is 12.3 Å². The van der Waals surface area contributed by atoms with Gasteiger partial charge in [-0.1, -0.05) is 12.1 Å². The fourth-order valence-electron chi connectivity index (χ4n) is 2.39. The maximum absolute atomic E-state index is 12.2. The first kappa shape index (κ1) is 13.6. The van der Waals surface area contributed by atoms with Crippen molar-refractivity contribution in [1.29, 1.82) is 0 Å². The Bertz CT molecular complexity index is 488. The SMILES string of the molecule is C#CCCCCNC(=O)c1cccc2c1CCNC2. The van der Waals surface area contributed by atoms with Crippen LogP contribution in [0.15, 0.2) is 18.2 Å². The highest BCUT2D eigenvalue weighted by Crippen LogP contribution is 2.18. The molecule has 1 amide bonds. The molecule has 0 unspecified atom stereocenters. The Kier molecular flexibility index (Phi) is 5.00. The quantitative estimate of drug-likeness (QED) is 0.624. The molecular weight excluding hydrogens is 236 g/mol. The summed E-state index contributed by atoms with van der Waals surface area (Å²) < 4.78 is 0. The number of hydrogen-bond acceptors (Lipinski definition) is 2. The zero-order valence-corrected chi connectivity index (χ0v) is 11.2. The zero-order chi connectivity index (χ0) is 13.5. The average Bonchev–Trinajstić information content (AvgIpc) is 2.46. The number of carbonyl (C=O) groups excluding carboxylic acids is 1. The molecular formula is C16H20N2O. The number of amides is 1. The van der Waals surface area contributed by atoms with E-state index in [1.165, 1.54) is 11.1 Å². The van der Waals surface area contributed by atoms with Gasteiger partial charge in [0.15, 0.2) is 0 Å². The van der Waals surface area contributed by atoms with Crippen molar-refractivity contribution in [3.8, 4) is 12.3 Å². The van der Waals surface area contributed by atoms with Crippen molar-refractivity contribution in [2.75, 3.05) is 13.1 Å². The van der Waals surface area contributed by atoms with Crippen molar-refractivity contribution >= 4 is 5.91 Å². The summed E-state index contributed by atoms with van der Waals surface area (Å²) in [5.41, 5.74) is 3.27. The lowest BCUT2D eigenvalue weighted by Crippen LogP contribution is -2.29. The zero-order valence-electron chi connectivity index (χ0n) is 11.2. The van der Waals surface area contributed by atoms with Crippen LogP contribution in [0, 0.1) is 12.3 Å². The predicted molar refractivity (Wildman–Crippen MR) is 76.9 cm³/mol. The average molecular weight is 256 g/mol. The molecule has 100 valence electrons. The molecule has 3 heteroatoms. The van der Waals surface area contributed by atoms with Gasteiger partial charge in [0.1, 0.15) is 0 Å². The van der Waals surface area contributed by atoms with Gasteiger partial charge in [0.2, 0.25) is 0 Å². The van der Waals surface area contributed by atoms with Crippen molar-refractivity contribution < 1.29 is 4.79 Å². The molecule has 2 rings (SSSR count). The van der Waals surface area contributed by atoms with Crippen LogP contribution in [-0.4, -0.2) is 19.0 Å². The summed E-state index contributed by atoms with van der Waals surface area (Å²) in [6.45, 7) is 2.50. The van der Waals surface area contributed by atoms with Crippen LogP contribution in [0.3, 0.4) is 0 Å². The lowest BCUT2D eigenvalue weighted by molar-refractivity contribution is 0.0952. The van der Waals surface area contributed by atoms with Crippen molar-refractivity contribution in [2.24, 2.45) is 0 Å². The molecule has 1 aromatic carbocycles. The molecule has 0 spiro atoms. The molecule has 19 heavy (non-hydrogen) atoms. The van der Waals surface area contributed by atoms with Crippen LogP contribution < -0.4 is 10.6 Å². The molecule has 0 saturated heterocycles. The van der Waals surface area contributed by atoms with Crippen LogP contribution in [0.5, 0.6) is 0 Å². The van der Waals surface area contributed by atoms with Crippen LogP contribution >= 0.6 is 0 Å².